The second-order valence-electron chi connectivity index (χ2n) is 4.07. The van der Waals surface area contributed by atoms with E-state index in [1.54, 1.807) is 0 Å². The maximum Gasteiger partial charge on any atom is 0.182 e. The summed E-state index contributed by atoms with van der Waals surface area (Å²) in [6.45, 7) is 4.05. The summed E-state index contributed by atoms with van der Waals surface area (Å²) in [6, 6.07) is 0. The minimum atomic E-state index is -0.606. The van der Waals surface area contributed by atoms with Gasteiger partial charge in [0.15, 0.2) is 5.78 Å². The number of aliphatic hydroxyl groups is 1. The number of carbonyl (C=O) groups excluding carboxylic acids is 1. The molecule has 0 aromatic heterocycles. The Morgan fingerprint density at radius 2 is 1.88 bits per heavy atom. The molecule has 0 saturated carbocycles. The van der Waals surface area contributed by atoms with Crippen molar-refractivity contribution in [3.63, 3.8) is 0 Å². The fourth-order valence-electron chi connectivity index (χ4n) is 1.46. The van der Waals surface area contributed by atoms with Gasteiger partial charge < -0.3 is 10.3 Å². The predicted molar refractivity (Wildman–Crippen MR) is 63.9 cm³/mol. The van der Waals surface area contributed by atoms with Gasteiger partial charge in [0, 0.05) is 6.42 Å². The number of carbonyl (C=O) groups is 1. The maximum absolute atomic E-state index is 11.6. The van der Waals surface area contributed by atoms with Crippen molar-refractivity contribution < 1.29 is 15.1 Å². The average molecular weight is 229 g/mol. The maximum atomic E-state index is 11.6. The first-order chi connectivity index (χ1) is 7.65. The Labute approximate surface area is 97.4 Å². The van der Waals surface area contributed by atoms with E-state index in [4.69, 9.17) is 5.21 Å². The van der Waals surface area contributed by atoms with E-state index < -0.39 is 6.10 Å². The van der Waals surface area contributed by atoms with Crippen molar-refractivity contribution >= 4 is 11.5 Å². The highest BCUT2D eigenvalue weighted by Crippen LogP contribution is 2.07. The molecular formula is C12H23NO3. The van der Waals surface area contributed by atoms with Crippen LogP contribution in [-0.4, -0.2) is 27.9 Å². The zero-order valence-electron chi connectivity index (χ0n) is 10.3. The Bertz CT molecular complexity index is 226. The number of Topliss-reactive ketones (excluding diaryl/α,β-unsaturated/α-hetero) is 1. The number of rotatable bonds is 9. The fourth-order valence-corrected chi connectivity index (χ4v) is 1.46. The second-order valence-corrected chi connectivity index (χ2v) is 4.07. The highest BCUT2D eigenvalue weighted by molar-refractivity contribution is 6.39. The molecule has 16 heavy (non-hydrogen) atoms. The second kappa shape index (κ2) is 9.33. The lowest BCUT2D eigenvalue weighted by molar-refractivity contribution is -0.115. The minimum Gasteiger partial charge on any atom is -0.411 e. The molecule has 0 amide bonds. The molecule has 0 aromatic rings. The van der Waals surface area contributed by atoms with Gasteiger partial charge in [-0.1, -0.05) is 38.3 Å². The summed E-state index contributed by atoms with van der Waals surface area (Å²) in [4.78, 5) is 11.6. The van der Waals surface area contributed by atoms with Crippen LogP contribution in [0.2, 0.25) is 0 Å². The number of hydrogen-bond acceptors (Lipinski definition) is 4. The van der Waals surface area contributed by atoms with Gasteiger partial charge in [-0.3, -0.25) is 4.79 Å². The van der Waals surface area contributed by atoms with Crippen molar-refractivity contribution in [2.45, 2.75) is 64.9 Å². The zero-order valence-corrected chi connectivity index (χ0v) is 10.3. The van der Waals surface area contributed by atoms with Crippen LogP contribution in [0.3, 0.4) is 0 Å². The summed E-state index contributed by atoms with van der Waals surface area (Å²) >= 11 is 0. The Balaban J connectivity index is 4.01. The van der Waals surface area contributed by atoms with Crippen LogP contribution >= 0.6 is 0 Å². The Morgan fingerprint density at radius 1 is 1.25 bits per heavy atom. The van der Waals surface area contributed by atoms with E-state index in [1.807, 2.05) is 13.8 Å². The molecule has 0 heterocycles. The van der Waals surface area contributed by atoms with E-state index in [1.165, 1.54) is 0 Å². The fraction of sp³-hybridized carbons (Fsp3) is 0.833. The van der Waals surface area contributed by atoms with E-state index in [0.29, 0.717) is 12.8 Å². The molecule has 0 radical (unpaired) electrons. The van der Waals surface area contributed by atoms with Gasteiger partial charge in [-0.25, -0.2) is 0 Å². The predicted octanol–water partition coefficient (Wildman–Crippen LogP) is 2.52. The van der Waals surface area contributed by atoms with Gasteiger partial charge >= 0.3 is 0 Å². The summed E-state index contributed by atoms with van der Waals surface area (Å²) in [5, 5.41) is 21.3. The lowest BCUT2D eigenvalue weighted by atomic mass is 10.0. The average Bonchev–Trinajstić information content (AvgIpc) is 2.27. The molecule has 0 fully saturated rings. The van der Waals surface area contributed by atoms with Crippen molar-refractivity contribution in [3.05, 3.63) is 0 Å². The standard InChI is InChI=1S/C12H23NO3/c1-3-5-7-10(14)9-12(15)11(13-16)8-6-4-2/h10,14,16H,3-9H2,1-2H3. The number of ketones is 1. The van der Waals surface area contributed by atoms with Gasteiger partial charge in [-0.05, 0) is 19.3 Å². The first-order valence-corrected chi connectivity index (χ1v) is 6.07. The molecule has 0 rings (SSSR count). The van der Waals surface area contributed by atoms with Gasteiger partial charge in [0.05, 0.1) is 6.10 Å². The van der Waals surface area contributed by atoms with E-state index in [9.17, 15) is 9.90 Å². The molecule has 0 saturated heterocycles. The molecule has 1 unspecified atom stereocenters. The summed E-state index contributed by atoms with van der Waals surface area (Å²) in [7, 11) is 0. The third-order valence-electron chi connectivity index (χ3n) is 2.52. The number of unbranched alkanes of at least 4 members (excludes halogenated alkanes) is 2. The highest BCUT2D eigenvalue weighted by Gasteiger charge is 2.16. The Morgan fingerprint density at radius 3 is 2.38 bits per heavy atom. The van der Waals surface area contributed by atoms with Crippen molar-refractivity contribution in [1.29, 1.82) is 0 Å². The van der Waals surface area contributed by atoms with Gasteiger partial charge in [-0.2, -0.15) is 0 Å². The van der Waals surface area contributed by atoms with Crippen molar-refractivity contribution in [2.24, 2.45) is 5.16 Å². The molecule has 0 aliphatic carbocycles. The van der Waals surface area contributed by atoms with Gasteiger partial charge in [-0.15, -0.1) is 0 Å². The third-order valence-corrected chi connectivity index (χ3v) is 2.52. The van der Waals surface area contributed by atoms with E-state index in [-0.39, 0.29) is 17.9 Å². The quantitative estimate of drug-likeness (QED) is 0.362. The molecule has 0 aliphatic heterocycles. The first kappa shape index (κ1) is 15.1. The van der Waals surface area contributed by atoms with E-state index in [2.05, 4.69) is 5.16 Å². The topological polar surface area (TPSA) is 69.9 Å². The summed E-state index contributed by atoms with van der Waals surface area (Å²) in [6.07, 6.45) is 4.29. The lowest BCUT2D eigenvalue weighted by Crippen LogP contribution is -2.21. The molecule has 4 nitrogen and oxygen atoms in total. The van der Waals surface area contributed by atoms with Crippen LogP contribution in [0.25, 0.3) is 0 Å². The van der Waals surface area contributed by atoms with Crippen molar-refractivity contribution in [2.75, 3.05) is 0 Å². The first-order valence-electron chi connectivity index (χ1n) is 6.07. The van der Waals surface area contributed by atoms with Gasteiger partial charge in [0.1, 0.15) is 5.71 Å². The van der Waals surface area contributed by atoms with Gasteiger partial charge in [0.2, 0.25) is 0 Å². The molecular weight excluding hydrogens is 206 g/mol. The summed E-state index contributed by atoms with van der Waals surface area (Å²) in [5.41, 5.74) is 0.192. The monoisotopic (exact) mass is 229 g/mol. The number of hydrogen-bond donors (Lipinski definition) is 2. The number of oxime groups is 1. The molecule has 1 atom stereocenters. The van der Waals surface area contributed by atoms with Crippen molar-refractivity contribution in [1.82, 2.24) is 0 Å². The number of nitrogens with zero attached hydrogens (tertiary/aromatic N) is 1. The number of aliphatic hydroxyl groups excluding tert-OH is 1. The van der Waals surface area contributed by atoms with Crippen LogP contribution in [0.15, 0.2) is 5.16 Å². The largest absolute Gasteiger partial charge is 0.411 e. The Kier molecular flexibility index (Phi) is 8.81. The lowest BCUT2D eigenvalue weighted by Gasteiger charge is -2.09. The molecule has 0 bridgehead atoms. The van der Waals surface area contributed by atoms with Crippen LogP contribution in [0.1, 0.15) is 58.8 Å². The molecule has 0 spiro atoms. The van der Waals surface area contributed by atoms with Crippen LogP contribution < -0.4 is 0 Å². The zero-order chi connectivity index (χ0) is 12.4. The summed E-state index contributed by atoms with van der Waals surface area (Å²) in [5.74, 6) is -0.237. The molecule has 0 aliphatic rings. The van der Waals surface area contributed by atoms with Crippen LogP contribution in [0, 0.1) is 0 Å². The minimum absolute atomic E-state index is 0.0725. The highest BCUT2D eigenvalue weighted by atomic mass is 16.4. The summed E-state index contributed by atoms with van der Waals surface area (Å²) < 4.78 is 0. The van der Waals surface area contributed by atoms with Crippen molar-refractivity contribution in [3.8, 4) is 0 Å². The Hall–Kier alpha value is -0.900. The van der Waals surface area contributed by atoms with Crippen LogP contribution in [0.5, 0.6) is 0 Å². The van der Waals surface area contributed by atoms with Crippen LogP contribution in [-0.2, 0) is 4.79 Å². The normalized spacial score (nSPS) is 13.8. The molecule has 94 valence electrons. The molecule has 0 aromatic carbocycles. The van der Waals surface area contributed by atoms with Gasteiger partial charge in [0.25, 0.3) is 0 Å². The van der Waals surface area contributed by atoms with E-state index in [0.717, 1.165) is 25.7 Å². The smallest absolute Gasteiger partial charge is 0.182 e. The SMILES string of the molecule is CCCCC(=NO)C(=O)CC(O)CCCC. The molecule has 2 N–H and O–H groups in total. The molecule has 4 heteroatoms. The van der Waals surface area contributed by atoms with E-state index >= 15 is 0 Å². The van der Waals surface area contributed by atoms with Crippen LogP contribution in [0.4, 0.5) is 0 Å². The third kappa shape index (κ3) is 6.56.